The van der Waals surface area contributed by atoms with Gasteiger partial charge in [0.25, 0.3) is 0 Å². The van der Waals surface area contributed by atoms with Crippen LogP contribution in [0.3, 0.4) is 0 Å². The van der Waals surface area contributed by atoms with Gasteiger partial charge in [0.2, 0.25) is 11.8 Å². The van der Waals surface area contributed by atoms with Crippen molar-refractivity contribution >= 4 is 23.2 Å². The molecule has 2 atom stereocenters. The number of rotatable bonds is 6. The standard InChI is InChI=1S/C22H31N5O2/c1-14-6-7-18(11-19(14)25-20(28)8-9-26(4)5)24-22(29)17-10-15(2)21-23-16(3)12-27(21)13-17/h6-7,11-12,15,17H,8-10,13H2,1-5H3,(H,24,29)(H,25,28)/t15-,17+/m1/s1. The Bertz CT molecular complexity index is 903. The molecule has 0 radical (unpaired) electrons. The lowest BCUT2D eigenvalue weighted by Gasteiger charge is -2.27. The van der Waals surface area contributed by atoms with Crippen molar-refractivity contribution in [2.24, 2.45) is 5.92 Å². The molecule has 1 aromatic heterocycles. The molecule has 2 N–H and O–H groups in total. The van der Waals surface area contributed by atoms with Gasteiger partial charge in [-0.05, 0) is 52.1 Å². The maximum atomic E-state index is 12.9. The molecule has 29 heavy (non-hydrogen) atoms. The zero-order chi connectivity index (χ0) is 21.1. The number of anilines is 2. The molecule has 0 spiro atoms. The summed E-state index contributed by atoms with van der Waals surface area (Å²) >= 11 is 0. The number of hydrogen-bond donors (Lipinski definition) is 2. The number of nitrogens with one attached hydrogen (secondary N) is 2. The molecule has 0 aliphatic carbocycles. The van der Waals surface area contributed by atoms with Crippen LogP contribution < -0.4 is 10.6 Å². The van der Waals surface area contributed by atoms with Crippen LogP contribution in [0.5, 0.6) is 0 Å². The van der Waals surface area contributed by atoms with Gasteiger partial charge < -0.3 is 20.1 Å². The monoisotopic (exact) mass is 397 g/mol. The van der Waals surface area contributed by atoms with E-state index >= 15 is 0 Å². The number of hydrogen-bond acceptors (Lipinski definition) is 4. The molecule has 7 nitrogen and oxygen atoms in total. The number of amides is 2. The highest BCUT2D eigenvalue weighted by Gasteiger charge is 2.30. The minimum Gasteiger partial charge on any atom is -0.334 e. The summed E-state index contributed by atoms with van der Waals surface area (Å²) in [5.74, 6) is 1.17. The SMILES string of the molecule is Cc1cn2c(n1)[C@H](C)C[C@H](C(=O)Nc1ccc(C)c(NC(=O)CCN(C)C)c1)C2. The first-order chi connectivity index (χ1) is 13.7. The van der Waals surface area contributed by atoms with Crippen molar-refractivity contribution in [3.63, 3.8) is 0 Å². The van der Waals surface area contributed by atoms with Crippen molar-refractivity contribution < 1.29 is 9.59 Å². The van der Waals surface area contributed by atoms with Crippen LogP contribution in [-0.4, -0.2) is 46.9 Å². The van der Waals surface area contributed by atoms with Crippen LogP contribution in [0.15, 0.2) is 24.4 Å². The Kier molecular flexibility index (Phi) is 6.37. The molecule has 2 amide bonds. The molecule has 7 heteroatoms. The Balaban J connectivity index is 1.66. The highest BCUT2D eigenvalue weighted by atomic mass is 16.2. The van der Waals surface area contributed by atoms with E-state index < -0.39 is 0 Å². The van der Waals surface area contributed by atoms with E-state index in [-0.39, 0.29) is 23.7 Å². The first-order valence-electron chi connectivity index (χ1n) is 10.1. The number of aromatic nitrogens is 2. The molecule has 0 unspecified atom stereocenters. The first kappa shape index (κ1) is 21.0. The number of fused-ring (bicyclic) bond motifs is 1. The van der Waals surface area contributed by atoms with E-state index in [2.05, 4.69) is 27.1 Å². The van der Waals surface area contributed by atoms with E-state index in [1.807, 2.05) is 57.2 Å². The first-order valence-corrected chi connectivity index (χ1v) is 10.1. The van der Waals surface area contributed by atoms with E-state index in [9.17, 15) is 9.59 Å². The summed E-state index contributed by atoms with van der Waals surface area (Å²) in [6, 6.07) is 5.62. The summed E-state index contributed by atoms with van der Waals surface area (Å²) in [7, 11) is 3.88. The number of imidazole rings is 1. The van der Waals surface area contributed by atoms with Crippen LogP contribution in [0.2, 0.25) is 0 Å². The number of aryl methyl sites for hydroxylation is 2. The van der Waals surface area contributed by atoms with Gasteiger partial charge in [-0.1, -0.05) is 13.0 Å². The van der Waals surface area contributed by atoms with Gasteiger partial charge in [0.05, 0.1) is 11.6 Å². The van der Waals surface area contributed by atoms with Crippen LogP contribution in [0.25, 0.3) is 0 Å². The molecule has 156 valence electrons. The molecule has 1 aliphatic heterocycles. The van der Waals surface area contributed by atoms with Gasteiger partial charge in [-0.3, -0.25) is 9.59 Å². The maximum absolute atomic E-state index is 12.9. The fraction of sp³-hybridized carbons (Fsp3) is 0.500. The molecular formula is C22H31N5O2. The number of carbonyl (C=O) groups excluding carboxylic acids is 2. The fourth-order valence-corrected chi connectivity index (χ4v) is 3.76. The highest BCUT2D eigenvalue weighted by Crippen LogP contribution is 2.31. The molecule has 3 rings (SSSR count). The van der Waals surface area contributed by atoms with E-state index in [1.165, 1.54) is 0 Å². The second-order valence-electron chi connectivity index (χ2n) is 8.35. The van der Waals surface area contributed by atoms with Gasteiger partial charge in [-0.15, -0.1) is 0 Å². The minimum absolute atomic E-state index is 0.00240. The summed E-state index contributed by atoms with van der Waals surface area (Å²) in [6.45, 7) is 7.38. The van der Waals surface area contributed by atoms with Crippen molar-refractivity contribution in [1.82, 2.24) is 14.5 Å². The average Bonchev–Trinajstić information content (AvgIpc) is 3.03. The van der Waals surface area contributed by atoms with Crippen LogP contribution >= 0.6 is 0 Å². The molecular weight excluding hydrogens is 366 g/mol. The third kappa shape index (κ3) is 5.23. The van der Waals surface area contributed by atoms with E-state index in [1.54, 1.807) is 0 Å². The molecule has 1 aromatic carbocycles. The van der Waals surface area contributed by atoms with Crippen LogP contribution in [-0.2, 0) is 16.1 Å². The normalized spacial score (nSPS) is 18.4. The lowest BCUT2D eigenvalue weighted by Crippen LogP contribution is -2.32. The zero-order valence-electron chi connectivity index (χ0n) is 18.0. The summed E-state index contributed by atoms with van der Waals surface area (Å²) in [6.07, 6.45) is 3.22. The number of nitrogens with zero attached hydrogens (tertiary/aromatic N) is 3. The molecule has 2 heterocycles. The van der Waals surface area contributed by atoms with Crippen molar-refractivity contribution in [2.75, 3.05) is 31.3 Å². The van der Waals surface area contributed by atoms with Crippen LogP contribution in [0, 0.1) is 19.8 Å². The third-order valence-electron chi connectivity index (χ3n) is 5.36. The number of benzene rings is 1. The second kappa shape index (κ2) is 8.78. The molecule has 0 fully saturated rings. The Morgan fingerprint density at radius 2 is 2.00 bits per heavy atom. The molecule has 0 saturated heterocycles. The Morgan fingerprint density at radius 1 is 1.24 bits per heavy atom. The van der Waals surface area contributed by atoms with E-state index in [4.69, 9.17) is 0 Å². The van der Waals surface area contributed by atoms with Crippen molar-refractivity contribution in [1.29, 1.82) is 0 Å². The van der Waals surface area contributed by atoms with Crippen LogP contribution in [0.1, 0.15) is 42.8 Å². The Hall–Kier alpha value is -2.67. The van der Waals surface area contributed by atoms with Gasteiger partial charge in [-0.2, -0.15) is 0 Å². The summed E-state index contributed by atoms with van der Waals surface area (Å²) in [5.41, 5.74) is 3.38. The summed E-state index contributed by atoms with van der Waals surface area (Å²) in [5, 5.41) is 5.98. The van der Waals surface area contributed by atoms with Crippen LogP contribution in [0.4, 0.5) is 11.4 Å². The second-order valence-corrected chi connectivity index (χ2v) is 8.35. The molecule has 2 aromatic rings. The van der Waals surface area contributed by atoms with Gasteiger partial charge in [0.1, 0.15) is 5.82 Å². The zero-order valence-corrected chi connectivity index (χ0v) is 18.0. The van der Waals surface area contributed by atoms with Crippen molar-refractivity contribution in [3.8, 4) is 0 Å². The minimum atomic E-state index is -0.106. The fourth-order valence-electron chi connectivity index (χ4n) is 3.76. The summed E-state index contributed by atoms with van der Waals surface area (Å²) in [4.78, 5) is 31.6. The third-order valence-corrected chi connectivity index (χ3v) is 5.36. The molecule has 0 bridgehead atoms. The Morgan fingerprint density at radius 3 is 2.72 bits per heavy atom. The predicted molar refractivity (Wildman–Crippen MR) is 115 cm³/mol. The largest absolute Gasteiger partial charge is 0.334 e. The van der Waals surface area contributed by atoms with E-state index in [0.717, 1.165) is 29.2 Å². The quantitative estimate of drug-likeness (QED) is 0.785. The smallest absolute Gasteiger partial charge is 0.229 e. The average molecular weight is 398 g/mol. The van der Waals surface area contributed by atoms with E-state index in [0.29, 0.717) is 25.2 Å². The van der Waals surface area contributed by atoms with Gasteiger partial charge in [0.15, 0.2) is 0 Å². The van der Waals surface area contributed by atoms with Crippen molar-refractivity contribution in [3.05, 3.63) is 41.5 Å². The molecule has 1 aliphatic rings. The predicted octanol–water partition coefficient (Wildman–Crippen LogP) is 3.15. The maximum Gasteiger partial charge on any atom is 0.229 e. The Labute approximate surface area is 172 Å². The number of carbonyl (C=O) groups is 2. The topological polar surface area (TPSA) is 79.3 Å². The van der Waals surface area contributed by atoms with Gasteiger partial charge in [0, 0.05) is 43.0 Å². The summed E-state index contributed by atoms with van der Waals surface area (Å²) < 4.78 is 2.10. The lowest BCUT2D eigenvalue weighted by molar-refractivity contribution is -0.121. The lowest BCUT2D eigenvalue weighted by atomic mass is 9.90. The highest BCUT2D eigenvalue weighted by molar-refractivity contribution is 5.95. The van der Waals surface area contributed by atoms with Crippen molar-refractivity contribution in [2.45, 2.75) is 46.1 Å². The molecule has 0 saturated carbocycles. The van der Waals surface area contributed by atoms with Gasteiger partial charge >= 0.3 is 0 Å². The van der Waals surface area contributed by atoms with Gasteiger partial charge in [-0.25, -0.2) is 4.98 Å².